The summed E-state index contributed by atoms with van der Waals surface area (Å²) in [5.41, 5.74) is -0.0257. The maximum atomic E-state index is 10.8. The minimum Gasteiger partial charge on any atom is -0.476 e. The van der Waals surface area contributed by atoms with Crippen molar-refractivity contribution in [2.24, 2.45) is 0 Å². The van der Waals surface area contributed by atoms with Crippen molar-refractivity contribution < 1.29 is 9.90 Å². The topological polar surface area (TPSA) is 62.2 Å². The molecular weight excluding hydrogens is 216 g/mol. The first-order valence-corrected chi connectivity index (χ1v) is 5.06. The van der Waals surface area contributed by atoms with Crippen LogP contribution < -0.4 is 5.32 Å². The molecule has 1 aliphatic rings. The average Bonchev–Trinajstić information content (AvgIpc) is 2.87. The van der Waals surface area contributed by atoms with E-state index in [9.17, 15) is 4.79 Å². The lowest BCUT2D eigenvalue weighted by molar-refractivity contribution is 0.0691. The fourth-order valence-corrected chi connectivity index (χ4v) is 1.47. The Morgan fingerprint density at radius 2 is 2.27 bits per heavy atom. The third-order valence-electron chi connectivity index (χ3n) is 2.48. The minimum atomic E-state index is -1.11. The van der Waals surface area contributed by atoms with Gasteiger partial charge < -0.3 is 10.4 Å². The lowest BCUT2D eigenvalue weighted by atomic mass is 10.3. The molecule has 80 valence electrons. The highest BCUT2D eigenvalue weighted by Crippen LogP contribution is 2.37. The maximum absolute atomic E-state index is 10.8. The second-order valence-electron chi connectivity index (χ2n) is 4.02. The van der Waals surface area contributed by atoms with E-state index in [1.165, 1.54) is 0 Å². The van der Waals surface area contributed by atoms with Gasteiger partial charge in [-0.15, -0.1) is 0 Å². The molecule has 1 fully saturated rings. The summed E-state index contributed by atoms with van der Waals surface area (Å²) in [6.45, 7) is 2.07. The molecule has 1 saturated carbocycles. The molecule has 2 rings (SSSR count). The fourth-order valence-electron chi connectivity index (χ4n) is 1.28. The van der Waals surface area contributed by atoms with Crippen LogP contribution in [0, 0.1) is 0 Å². The number of aromatic nitrogens is 1. The summed E-state index contributed by atoms with van der Waals surface area (Å²) < 4.78 is 0. The molecule has 0 saturated heterocycles. The molecule has 0 unspecified atom stereocenters. The second kappa shape index (κ2) is 3.38. The Morgan fingerprint density at radius 1 is 1.60 bits per heavy atom. The summed E-state index contributed by atoms with van der Waals surface area (Å²) in [4.78, 5) is 14.7. The number of anilines is 1. The average molecular weight is 227 g/mol. The predicted molar refractivity (Wildman–Crippen MR) is 57.5 cm³/mol. The van der Waals surface area contributed by atoms with E-state index < -0.39 is 5.97 Å². The number of hydrogen-bond acceptors (Lipinski definition) is 3. The van der Waals surface area contributed by atoms with Gasteiger partial charge in [0.1, 0.15) is 5.82 Å². The van der Waals surface area contributed by atoms with Crippen molar-refractivity contribution in [1.82, 2.24) is 4.98 Å². The van der Waals surface area contributed by atoms with Gasteiger partial charge in [-0.3, -0.25) is 0 Å². The number of nitrogens with zero attached hydrogens (tertiary/aromatic N) is 1. The summed E-state index contributed by atoms with van der Waals surface area (Å²) in [7, 11) is 0. The number of aromatic carboxylic acids is 1. The standard InChI is InChI=1S/C10H11ClN2O2/c1-10(4-5-10)13-7-3-2-6(11)8(12-7)9(14)15/h2-3H,4-5H2,1H3,(H,12,13)(H,14,15). The van der Waals surface area contributed by atoms with Gasteiger partial charge in [-0.05, 0) is 31.9 Å². The lowest BCUT2D eigenvalue weighted by Gasteiger charge is -2.12. The summed E-state index contributed by atoms with van der Waals surface area (Å²) in [5.74, 6) is -0.540. The molecule has 0 bridgehead atoms. The highest BCUT2D eigenvalue weighted by molar-refractivity contribution is 6.33. The van der Waals surface area contributed by atoms with Gasteiger partial charge in [0, 0.05) is 5.54 Å². The number of carbonyl (C=O) groups is 1. The van der Waals surface area contributed by atoms with E-state index in [-0.39, 0.29) is 16.3 Å². The van der Waals surface area contributed by atoms with Crippen molar-refractivity contribution in [3.63, 3.8) is 0 Å². The highest BCUT2D eigenvalue weighted by Gasteiger charge is 2.37. The maximum Gasteiger partial charge on any atom is 0.356 e. The van der Waals surface area contributed by atoms with Crippen LogP contribution in [0.2, 0.25) is 5.02 Å². The minimum absolute atomic E-state index is 0.0800. The predicted octanol–water partition coefficient (Wildman–Crippen LogP) is 2.40. The van der Waals surface area contributed by atoms with E-state index in [4.69, 9.17) is 16.7 Å². The van der Waals surface area contributed by atoms with Crippen molar-refractivity contribution in [3.05, 3.63) is 22.8 Å². The van der Waals surface area contributed by atoms with Gasteiger partial charge in [0.15, 0.2) is 5.69 Å². The highest BCUT2D eigenvalue weighted by atomic mass is 35.5. The quantitative estimate of drug-likeness (QED) is 0.831. The zero-order valence-corrected chi connectivity index (χ0v) is 9.01. The Bertz CT molecular complexity index is 416. The van der Waals surface area contributed by atoms with Crippen LogP contribution in [-0.2, 0) is 0 Å². The third-order valence-corrected chi connectivity index (χ3v) is 2.78. The van der Waals surface area contributed by atoms with Crippen LogP contribution in [0.5, 0.6) is 0 Å². The number of pyridine rings is 1. The van der Waals surface area contributed by atoms with Gasteiger partial charge >= 0.3 is 5.97 Å². The number of nitrogens with one attached hydrogen (secondary N) is 1. The number of carboxylic acid groups (broad SMARTS) is 1. The monoisotopic (exact) mass is 226 g/mol. The molecule has 15 heavy (non-hydrogen) atoms. The van der Waals surface area contributed by atoms with Gasteiger partial charge in [-0.2, -0.15) is 0 Å². The van der Waals surface area contributed by atoms with Crippen molar-refractivity contribution in [1.29, 1.82) is 0 Å². The number of halogens is 1. The van der Waals surface area contributed by atoms with Gasteiger partial charge in [0.05, 0.1) is 5.02 Å². The molecule has 0 aromatic carbocycles. The Morgan fingerprint density at radius 3 is 2.80 bits per heavy atom. The van der Waals surface area contributed by atoms with Crippen LogP contribution in [0.1, 0.15) is 30.3 Å². The van der Waals surface area contributed by atoms with E-state index in [0.717, 1.165) is 12.8 Å². The summed E-state index contributed by atoms with van der Waals surface area (Å²) in [6.07, 6.45) is 2.17. The van der Waals surface area contributed by atoms with E-state index in [1.807, 2.05) is 0 Å². The van der Waals surface area contributed by atoms with Crippen molar-refractivity contribution >= 4 is 23.4 Å². The molecule has 4 nitrogen and oxygen atoms in total. The van der Waals surface area contributed by atoms with E-state index in [2.05, 4.69) is 17.2 Å². The van der Waals surface area contributed by atoms with Crippen LogP contribution in [0.25, 0.3) is 0 Å². The molecule has 0 aliphatic heterocycles. The molecule has 1 heterocycles. The van der Waals surface area contributed by atoms with E-state index >= 15 is 0 Å². The van der Waals surface area contributed by atoms with Crippen LogP contribution in [0.15, 0.2) is 12.1 Å². The lowest BCUT2D eigenvalue weighted by Crippen LogP contribution is -2.17. The third kappa shape index (κ3) is 2.21. The van der Waals surface area contributed by atoms with Crippen molar-refractivity contribution in [2.75, 3.05) is 5.32 Å². The van der Waals surface area contributed by atoms with Crippen molar-refractivity contribution in [3.8, 4) is 0 Å². The Hall–Kier alpha value is -1.29. The van der Waals surface area contributed by atoms with Crippen LogP contribution in [-0.4, -0.2) is 21.6 Å². The number of carboxylic acids is 1. The molecule has 1 aromatic rings. The largest absolute Gasteiger partial charge is 0.476 e. The summed E-state index contributed by atoms with van der Waals surface area (Å²) >= 11 is 5.71. The fraction of sp³-hybridized carbons (Fsp3) is 0.400. The van der Waals surface area contributed by atoms with Crippen molar-refractivity contribution in [2.45, 2.75) is 25.3 Å². The van der Waals surface area contributed by atoms with Crippen LogP contribution >= 0.6 is 11.6 Å². The molecule has 2 N–H and O–H groups in total. The Kier molecular flexibility index (Phi) is 2.31. The molecule has 1 aromatic heterocycles. The summed E-state index contributed by atoms with van der Waals surface area (Å²) in [5, 5.41) is 12.2. The van der Waals surface area contributed by atoms with Gasteiger partial charge in [0.2, 0.25) is 0 Å². The van der Waals surface area contributed by atoms with Gasteiger partial charge in [-0.1, -0.05) is 11.6 Å². The SMILES string of the molecule is CC1(Nc2ccc(Cl)c(C(=O)O)n2)CC1. The first-order valence-electron chi connectivity index (χ1n) is 4.68. The molecule has 0 spiro atoms. The number of rotatable bonds is 3. The summed E-state index contributed by atoms with van der Waals surface area (Å²) in [6, 6.07) is 3.24. The van der Waals surface area contributed by atoms with Crippen LogP contribution in [0.4, 0.5) is 5.82 Å². The molecule has 1 aliphatic carbocycles. The zero-order valence-electron chi connectivity index (χ0n) is 8.25. The van der Waals surface area contributed by atoms with Crippen LogP contribution in [0.3, 0.4) is 0 Å². The zero-order chi connectivity index (χ0) is 11.1. The molecule has 5 heteroatoms. The smallest absolute Gasteiger partial charge is 0.356 e. The molecule has 0 atom stereocenters. The Balaban J connectivity index is 2.26. The molecular formula is C10H11ClN2O2. The van der Waals surface area contributed by atoms with Gasteiger partial charge in [0.25, 0.3) is 0 Å². The van der Waals surface area contributed by atoms with Gasteiger partial charge in [-0.25, -0.2) is 9.78 Å². The Labute approximate surface area is 92.3 Å². The molecule has 0 amide bonds. The van der Waals surface area contributed by atoms with E-state index in [1.54, 1.807) is 12.1 Å². The normalized spacial score (nSPS) is 17.2. The first-order chi connectivity index (χ1) is 7.00. The second-order valence-corrected chi connectivity index (χ2v) is 4.42. The van der Waals surface area contributed by atoms with E-state index in [0.29, 0.717) is 5.82 Å². The first kappa shape index (κ1) is 10.2. The molecule has 0 radical (unpaired) electrons. The number of hydrogen-bond donors (Lipinski definition) is 2.